The van der Waals surface area contributed by atoms with Crippen molar-refractivity contribution in [1.29, 1.82) is 0 Å². The Hall–Kier alpha value is -1.91. The summed E-state index contributed by atoms with van der Waals surface area (Å²) in [6, 6.07) is 12.7. The fraction of sp³-hybridized carbons (Fsp3) is 0.176. The highest BCUT2D eigenvalue weighted by Crippen LogP contribution is 2.44. The number of alkyl halides is 1. The molecule has 0 saturated heterocycles. The van der Waals surface area contributed by atoms with Gasteiger partial charge in [-0.25, -0.2) is 4.98 Å². The van der Waals surface area contributed by atoms with Crippen LogP contribution < -0.4 is 4.90 Å². The number of carbonyl (C=O) groups excluding carboxylic acids is 1. The smallest absolute Gasteiger partial charge is 0.243 e. The number of nitrogens with zero attached hydrogens (tertiary/aromatic N) is 2. The second-order valence-corrected chi connectivity index (χ2v) is 6.67. The fourth-order valence-corrected chi connectivity index (χ4v) is 4.16. The topological polar surface area (TPSA) is 33.2 Å². The highest BCUT2D eigenvalue weighted by molar-refractivity contribution is 7.16. The fourth-order valence-electron chi connectivity index (χ4n) is 2.92. The lowest BCUT2D eigenvalue weighted by Gasteiger charge is -2.12. The number of rotatable bonds is 2. The first kappa shape index (κ1) is 13.7. The largest absolute Gasteiger partial charge is 0.290 e. The molecule has 0 unspecified atom stereocenters. The Morgan fingerprint density at radius 2 is 2.14 bits per heavy atom. The number of hydrogen-bond donors (Lipinski definition) is 0. The van der Waals surface area contributed by atoms with E-state index in [1.165, 1.54) is 31.7 Å². The van der Waals surface area contributed by atoms with Crippen LogP contribution in [0.25, 0.3) is 22.0 Å². The highest BCUT2D eigenvalue weighted by atomic mass is 35.5. The average Bonchev–Trinajstić information content (AvgIpc) is 3.11. The molecule has 1 heterocycles. The van der Waals surface area contributed by atoms with Crippen molar-refractivity contribution >= 4 is 44.7 Å². The van der Waals surface area contributed by atoms with E-state index in [1.807, 2.05) is 0 Å². The number of aromatic nitrogens is 1. The quantitative estimate of drug-likeness (QED) is 0.520. The van der Waals surface area contributed by atoms with Crippen LogP contribution in [0.2, 0.25) is 0 Å². The molecule has 0 saturated carbocycles. The van der Waals surface area contributed by atoms with Crippen LogP contribution in [0.4, 0.5) is 5.13 Å². The van der Waals surface area contributed by atoms with Gasteiger partial charge >= 0.3 is 0 Å². The van der Waals surface area contributed by atoms with Crippen molar-refractivity contribution in [2.24, 2.45) is 0 Å². The third-order valence-electron chi connectivity index (χ3n) is 4.09. The Balaban J connectivity index is 1.82. The van der Waals surface area contributed by atoms with Gasteiger partial charge in [0.05, 0.1) is 5.69 Å². The van der Waals surface area contributed by atoms with E-state index in [9.17, 15) is 4.79 Å². The van der Waals surface area contributed by atoms with Crippen molar-refractivity contribution in [2.45, 2.75) is 6.42 Å². The van der Waals surface area contributed by atoms with Crippen molar-refractivity contribution in [3.63, 3.8) is 0 Å². The number of thiazole rings is 1. The zero-order chi connectivity index (χ0) is 15.3. The van der Waals surface area contributed by atoms with E-state index in [1.54, 1.807) is 18.4 Å². The first-order valence-electron chi connectivity index (χ1n) is 7.02. The molecule has 2 aromatic carbocycles. The maximum Gasteiger partial charge on any atom is 0.243 e. The Bertz CT molecular complexity index is 903. The average molecular weight is 329 g/mol. The third-order valence-corrected chi connectivity index (χ3v) is 5.45. The molecule has 5 heteroatoms. The Morgan fingerprint density at radius 1 is 1.32 bits per heavy atom. The number of carbonyl (C=O) groups is 1. The summed E-state index contributed by atoms with van der Waals surface area (Å²) >= 11 is 7.20. The molecule has 1 aromatic heterocycles. The normalized spacial score (nSPS) is 12.3. The van der Waals surface area contributed by atoms with Gasteiger partial charge in [0.1, 0.15) is 5.88 Å². The number of amides is 1. The number of halogens is 1. The number of fused-ring (bicyclic) bond motifs is 5. The summed E-state index contributed by atoms with van der Waals surface area (Å²) in [5.74, 6) is -0.157. The molecule has 0 spiro atoms. The lowest BCUT2D eigenvalue weighted by atomic mass is 10.0. The van der Waals surface area contributed by atoms with E-state index in [4.69, 9.17) is 11.6 Å². The Kier molecular flexibility index (Phi) is 3.17. The summed E-state index contributed by atoms with van der Waals surface area (Å²) in [6.45, 7) is 0. The van der Waals surface area contributed by atoms with Gasteiger partial charge in [0.25, 0.3) is 0 Å². The van der Waals surface area contributed by atoms with E-state index in [0.717, 1.165) is 17.2 Å². The maximum atomic E-state index is 11.7. The molecule has 4 rings (SSSR count). The third kappa shape index (κ3) is 1.95. The molecule has 0 atom stereocenters. The molecule has 0 radical (unpaired) electrons. The molecule has 0 bridgehead atoms. The zero-order valence-electron chi connectivity index (χ0n) is 12.0. The second kappa shape index (κ2) is 5.07. The minimum absolute atomic E-state index is 0.0258. The van der Waals surface area contributed by atoms with Crippen LogP contribution in [0.3, 0.4) is 0 Å². The van der Waals surface area contributed by atoms with Crippen LogP contribution in [0.5, 0.6) is 0 Å². The summed E-state index contributed by atoms with van der Waals surface area (Å²) in [4.78, 5) is 19.1. The summed E-state index contributed by atoms with van der Waals surface area (Å²) in [6.07, 6.45) is 0.882. The monoisotopic (exact) mass is 328 g/mol. The number of hydrogen-bond acceptors (Lipinski definition) is 3. The maximum absolute atomic E-state index is 11.7. The molecule has 0 fully saturated rings. The molecular weight excluding hydrogens is 316 g/mol. The van der Waals surface area contributed by atoms with Crippen LogP contribution in [0.15, 0.2) is 36.4 Å². The van der Waals surface area contributed by atoms with Gasteiger partial charge in [-0.15, -0.1) is 22.9 Å². The molecule has 3 aromatic rings. The second-order valence-electron chi connectivity index (χ2n) is 5.34. The first-order valence-corrected chi connectivity index (χ1v) is 8.37. The van der Waals surface area contributed by atoms with E-state index in [-0.39, 0.29) is 11.8 Å². The van der Waals surface area contributed by atoms with Gasteiger partial charge in [0, 0.05) is 23.9 Å². The van der Waals surface area contributed by atoms with E-state index in [2.05, 4.69) is 41.4 Å². The van der Waals surface area contributed by atoms with Crippen LogP contribution in [-0.2, 0) is 11.2 Å². The van der Waals surface area contributed by atoms with Gasteiger partial charge in [-0.05, 0) is 16.3 Å². The first-order chi connectivity index (χ1) is 10.7. The summed E-state index contributed by atoms with van der Waals surface area (Å²) < 4.78 is 0. The van der Waals surface area contributed by atoms with E-state index in [0.29, 0.717) is 0 Å². The van der Waals surface area contributed by atoms with Crippen molar-refractivity contribution in [3.8, 4) is 11.3 Å². The van der Waals surface area contributed by atoms with Crippen LogP contribution >= 0.6 is 22.9 Å². The minimum Gasteiger partial charge on any atom is -0.290 e. The van der Waals surface area contributed by atoms with Gasteiger partial charge in [-0.1, -0.05) is 36.4 Å². The molecular formula is C17H13ClN2OS. The van der Waals surface area contributed by atoms with Crippen molar-refractivity contribution in [1.82, 2.24) is 4.98 Å². The molecule has 3 nitrogen and oxygen atoms in total. The molecule has 0 N–H and O–H groups in total. The van der Waals surface area contributed by atoms with Crippen LogP contribution in [0, 0.1) is 0 Å². The van der Waals surface area contributed by atoms with Gasteiger partial charge in [-0.2, -0.15) is 0 Å². The lowest BCUT2D eigenvalue weighted by Crippen LogP contribution is -2.26. The minimum atomic E-state index is -0.132. The predicted molar refractivity (Wildman–Crippen MR) is 92.0 cm³/mol. The summed E-state index contributed by atoms with van der Waals surface area (Å²) in [5.41, 5.74) is 3.53. The molecule has 1 amide bonds. The lowest BCUT2D eigenvalue weighted by molar-refractivity contribution is -0.116. The molecule has 22 heavy (non-hydrogen) atoms. The zero-order valence-corrected chi connectivity index (χ0v) is 13.5. The summed E-state index contributed by atoms with van der Waals surface area (Å²) in [5, 5.41) is 3.26. The predicted octanol–water partition coefficient (Wildman–Crippen LogP) is 4.07. The number of anilines is 1. The molecule has 110 valence electrons. The number of benzene rings is 2. The highest BCUT2D eigenvalue weighted by Gasteiger charge is 2.26. The van der Waals surface area contributed by atoms with Crippen LogP contribution in [0.1, 0.15) is 10.4 Å². The molecule has 1 aliphatic rings. The van der Waals surface area contributed by atoms with E-state index < -0.39 is 0 Å². The van der Waals surface area contributed by atoms with E-state index >= 15 is 0 Å². The SMILES string of the molecule is CN(C(=O)CCl)c1nc2c(s1)Cc1c-2ccc2ccccc12. The molecule has 0 aliphatic heterocycles. The van der Waals surface area contributed by atoms with Gasteiger partial charge in [0.2, 0.25) is 5.91 Å². The standard InChI is InChI=1S/C17H13ClN2OS/c1-20(15(21)9-18)17-19-16-12-7-6-10-4-2-3-5-11(10)13(12)8-14(16)22-17/h2-7H,8-9H2,1H3. The summed E-state index contributed by atoms with van der Waals surface area (Å²) in [7, 11) is 1.72. The Labute approximate surface area is 137 Å². The van der Waals surface area contributed by atoms with Gasteiger partial charge in [0.15, 0.2) is 5.13 Å². The van der Waals surface area contributed by atoms with Crippen molar-refractivity contribution in [3.05, 3.63) is 46.8 Å². The van der Waals surface area contributed by atoms with Crippen LogP contribution in [-0.4, -0.2) is 23.8 Å². The van der Waals surface area contributed by atoms with Gasteiger partial charge < -0.3 is 0 Å². The van der Waals surface area contributed by atoms with Crippen molar-refractivity contribution < 1.29 is 4.79 Å². The Morgan fingerprint density at radius 3 is 2.95 bits per heavy atom. The molecule has 1 aliphatic carbocycles. The van der Waals surface area contributed by atoms with Crippen molar-refractivity contribution in [2.75, 3.05) is 17.8 Å². The van der Waals surface area contributed by atoms with Gasteiger partial charge in [-0.3, -0.25) is 9.69 Å².